The summed E-state index contributed by atoms with van der Waals surface area (Å²) < 4.78 is 28.2. The van der Waals surface area contributed by atoms with E-state index in [-0.39, 0.29) is 4.90 Å². The van der Waals surface area contributed by atoms with Crippen LogP contribution in [0.15, 0.2) is 23.1 Å². The van der Waals surface area contributed by atoms with Gasteiger partial charge in [-0.2, -0.15) is 0 Å². The Kier molecular flexibility index (Phi) is 2.90. The first-order chi connectivity index (χ1) is 7.50. The number of hydrogen-bond acceptors (Lipinski definition) is 3. The molecule has 5 heteroatoms. The van der Waals surface area contributed by atoms with Gasteiger partial charge in [0.2, 0.25) is 10.0 Å². The smallest absolute Gasteiger partial charge is 0.238 e. The highest BCUT2D eigenvalue weighted by molar-refractivity contribution is 7.89. The third-order valence-corrected chi connectivity index (χ3v) is 3.56. The van der Waals surface area contributed by atoms with Gasteiger partial charge in [0.05, 0.1) is 11.0 Å². The first kappa shape index (κ1) is 11.4. The second-order valence-electron chi connectivity index (χ2n) is 3.99. The molecular weight excluding hydrogens is 226 g/mol. The van der Waals surface area contributed by atoms with E-state index in [0.29, 0.717) is 18.1 Å². The van der Waals surface area contributed by atoms with Crippen molar-refractivity contribution in [1.29, 1.82) is 0 Å². The van der Waals surface area contributed by atoms with E-state index in [9.17, 15) is 8.42 Å². The molecule has 1 aliphatic carbocycles. The second kappa shape index (κ2) is 4.07. The molecule has 0 radical (unpaired) electrons. The van der Waals surface area contributed by atoms with Gasteiger partial charge in [-0.25, -0.2) is 13.6 Å². The first-order valence-electron chi connectivity index (χ1n) is 5.33. The summed E-state index contributed by atoms with van der Waals surface area (Å²) in [5.41, 5.74) is 0.709. The van der Waals surface area contributed by atoms with Gasteiger partial charge in [0.1, 0.15) is 5.75 Å². The quantitative estimate of drug-likeness (QED) is 0.867. The van der Waals surface area contributed by atoms with Crippen LogP contribution >= 0.6 is 0 Å². The Labute approximate surface area is 95.5 Å². The number of nitrogens with two attached hydrogens (primary N) is 1. The maximum absolute atomic E-state index is 11.3. The average molecular weight is 241 g/mol. The predicted molar refractivity (Wildman–Crippen MR) is 60.8 cm³/mol. The van der Waals surface area contributed by atoms with E-state index >= 15 is 0 Å². The number of benzene rings is 1. The number of aryl methyl sites for hydroxylation is 1. The Balaban J connectivity index is 2.34. The van der Waals surface area contributed by atoms with Gasteiger partial charge in [-0.05, 0) is 43.0 Å². The molecule has 0 bridgehead atoms. The lowest BCUT2D eigenvalue weighted by atomic mass is 10.1. The molecular formula is C11H15NO3S. The summed E-state index contributed by atoms with van der Waals surface area (Å²) in [6.07, 6.45) is 3.09. The lowest BCUT2D eigenvalue weighted by molar-refractivity contribution is 0.302. The molecule has 1 saturated carbocycles. The minimum Gasteiger partial charge on any atom is -0.490 e. The lowest BCUT2D eigenvalue weighted by Crippen LogP contribution is -2.14. The van der Waals surface area contributed by atoms with Gasteiger partial charge >= 0.3 is 0 Å². The number of primary sulfonamides is 1. The first-order valence-corrected chi connectivity index (χ1v) is 6.87. The number of ether oxygens (including phenoxy) is 1. The van der Waals surface area contributed by atoms with Crippen molar-refractivity contribution in [1.82, 2.24) is 0 Å². The van der Waals surface area contributed by atoms with Crippen molar-refractivity contribution in [2.45, 2.75) is 37.2 Å². The number of sulfonamides is 1. The van der Waals surface area contributed by atoms with Crippen LogP contribution in [0.5, 0.6) is 5.75 Å². The summed E-state index contributed by atoms with van der Waals surface area (Å²) in [5.74, 6) is 0.728. The fraction of sp³-hybridized carbons (Fsp3) is 0.455. The van der Waals surface area contributed by atoms with Gasteiger partial charge < -0.3 is 4.74 Å². The molecule has 0 heterocycles. The fourth-order valence-electron chi connectivity index (χ4n) is 1.56. The van der Waals surface area contributed by atoms with Gasteiger partial charge in [0.15, 0.2) is 0 Å². The normalized spacial score (nSPS) is 16.1. The van der Waals surface area contributed by atoms with Crippen molar-refractivity contribution >= 4 is 10.0 Å². The Bertz CT molecular complexity index is 492. The van der Waals surface area contributed by atoms with Crippen molar-refractivity contribution < 1.29 is 13.2 Å². The van der Waals surface area contributed by atoms with E-state index in [0.717, 1.165) is 18.6 Å². The molecule has 1 aromatic rings. The monoisotopic (exact) mass is 241 g/mol. The summed E-state index contributed by atoms with van der Waals surface area (Å²) in [5, 5.41) is 5.13. The maximum Gasteiger partial charge on any atom is 0.238 e. The highest BCUT2D eigenvalue weighted by atomic mass is 32.2. The predicted octanol–water partition coefficient (Wildman–Crippen LogP) is 1.44. The molecule has 2 N–H and O–H groups in total. The van der Waals surface area contributed by atoms with E-state index in [4.69, 9.17) is 9.88 Å². The van der Waals surface area contributed by atoms with Gasteiger partial charge in [0.25, 0.3) is 0 Å². The van der Waals surface area contributed by atoms with Gasteiger partial charge in [-0.3, -0.25) is 0 Å². The standard InChI is InChI=1S/C11H15NO3S/c1-2-8-7-10(15-9-3-4-9)5-6-11(8)16(12,13)14/h5-7,9H,2-4H2,1H3,(H2,12,13,14). The van der Waals surface area contributed by atoms with Crippen LogP contribution in [-0.4, -0.2) is 14.5 Å². The Morgan fingerprint density at radius 1 is 1.44 bits per heavy atom. The topological polar surface area (TPSA) is 69.4 Å². The second-order valence-corrected chi connectivity index (χ2v) is 5.52. The van der Waals surface area contributed by atoms with Crippen molar-refractivity contribution in [3.63, 3.8) is 0 Å². The molecule has 0 saturated heterocycles. The summed E-state index contributed by atoms with van der Waals surface area (Å²) >= 11 is 0. The van der Waals surface area contributed by atoms with Gasteiger partial charge in [-0.1, -0.05) is 6.92 Å². The molecule has 1 aromatic carbocycles. The maximum atomic E-state index is 11.3. The zero-order valence-electron chi connectivity index (χ0n) is 9.14. The largest absolute Gasteiger partial charge is 0.490 e. The van der Waals surface area contributed by atoms with Crippen LogP contribution < -0.4 is 9.88 Å². The lowest BCUT2D eigenvalue weighted by Gasteiger charge is -2.09. The fourth-order valence-corrected chi connectivity index (χ4v) is 2.39. The van der Waals surface area contributed by atoms with E-state index in [1.807, 2.05) is 6.92 Å². The molecule has 0 atom stereocenters. The molecule has 0 unspecified atom stereocenters. The molecule has 0 aliphatic heterocycles. The zero-order valence-corrected chi connectivity index (χ0v) is 9.96. The van der Waals surface area contributed by atoms with Crippen LogP contribution in [0.25, 0.3) is 0 Å². The van der Waals surface area contributed by atoms with E-state index in [1.165, 1.54) is 6.07 Å². The van der Waals surface area contributed by atoms with Crippen molar-refractivity contribution in [3.8, 4) is 5.75 Å². The Hall–Kier alpha value is -1.07. The van der Waals surface area contributed by atoms with Gasteiger partial charge in [0, 0.05) is 0 Å². The summed E-state index contributed by atoms with van der Waals surface area (Å²) in [6, 6.07) is 4.95. The molecule has 1 aliphatic rings. The average Bonchev–Trinajstić information content (AvgIpc) is 3.00. The highest BCUT2D eigenvalue weighted by Crippen LogP contribution is 2.29. The van der Waals surface area contributed by atoms with Crippen LogP contribution in [0, 0.1) is 0 Å². The summed E-state index contributed by atoms with van der Waals surface area (Å²) in [4.78, 5) is 0.193. The molecule has 0 spiro atoms. The molecule has 0 amide bonds. The Morgan fingerprint density at radius 3 is 2.62 bits per heavy atom. The molecule has 2 rings (SSSR count). The minimum atomic E-state index is -3.63. The van der Waals surface area contributed by atoms with Crippen molar-refractivity contribution in [2.75, 3.05) is 0 Å². The van der Waals surface area contributed by atoms with Crippen molar-refractivity contribution in [3.05, 3.63) is 23.8 Å². The van der Waals surface area contributed by atoms with Crippen LogP contribution in [0.2, 0.25) is 0 Å². The Morgan fingerprint density at radius 2 is 2.12 bits per heavy atom. The zero-order chi connectivity index (χ0) is 11.8. The van der Waals surface area contributed by atoms with Crippen LogP contribution in [0.1, 0.15) is 25.3 Å². The summed E-state index contributed by atoms with van der Waals surface area (Å²) in [6.45, 7) is 1.89. The molecule has 0 aromatic heterocycles. The van der Waals surface area contributed by atoms with E-state index in [2.05, 4.69) is 0 Å². The van der Waals surface area contributed by atoms with Crippen LogP contribution in [-0.2, 0) is 16.4 Å². The van der Waals surface area contributed by atoms with Crippen LogP contribution in [0.4, 0.5) is 0 Å². The third-order valence-electron chi connectivity index (χ3n) is 2.55. The SMILES string of the molecule is CCc1cc(OC2CC2)ccc1S(N)(=O)=O. The van der Waals surface area contributed by atoms with Crippen molar-refractivity contribution in [2.24, 2.45) is 5.14 Å². The third kappa shape index (κ3) is 2.54. The molecule has 16 heavy (non-hydrogen) atoms. The van der Waals surface area contributed by atoms with E-state index in [1.54, 1.807) is 12.1 Å². The molecule has 4 nitrogen and oxygen atoms in total. The van der Waals surface area contributed by atoms with Crippen LogP contribution in [0.3, 0.4) is 0 Å². The van der Waals surface area contributed by atoms with Gasteiger partial charge in [-0.15, -0.1) is 0 Å². The molecule has 88 valence electrons. The number of rotatable bonds is 4. The highest BCUT2D eigenvalue weighted by Gasteiger charge is 2.24. The number of hydrogen-bond donors (Lipinski definition) is 1. The minimum absolute atomic E-state index is 0.193. The molecule has 1 fully saturated rings. The van der Waals surface area contributed by atoms with E-state index < -0.39 is 10.0 Å². The summed E-state index contributed by atoms with van der Waals surface area (Å²) in [7, 11) is -3.63.